The van der Waals surface area contributed by atoms with Crippen LogP contribution < -0.4 is 5.32 Å². The summed E-state index contributed by atoms with van der Waals surface area (Å²) in [7, 11) is 0. The lowest BCUT2D eigenvalue weighted by Gasteiger charge is -2.19. The molecule has 0 amide bonds. The number of benzene rings is 1. The molecule has 2 rings (SSSR count). The molecule has 1 heterocycles. The van der Waals surface area contributed by atoms with Crippen molar-refractivity contribution in [3.8, 4) is 11.5 Å². The first-order chi connectivity index (χ1) is 9.35. The van der Waals surface area contributed by atoms with E-state index in [0.717, 1.165) is 28.6 Å². The molecule has 0 saturated heterocycles. The number of hydrogen-bond donors (Lipinski definition) is 1. The molecule has 0 saturated carbocycles. The second kappa shape index (κ2) is 6.06. The van der Waals surface area contributed by atoms with Crippen molar-refractivity contribution in [2.75, 3.05) is 6.54 Å². The Bertz CT molecular complexity index is 587. The number of halogens is 1. The van der Waals surface area contributed by atoms with Crippen LogP contribution in [-0.4, -0.2) is 22.3 Å². The van der Waals surface area contributed by atoms with E-state index in [1.165, 1.54) is 0 Å². The smallest absolute Gasteiger partial charge is 0.248 e. The zero-order valence-corrected chi connectivity index (χ0v) is 13.9. The minimum absolute atomic E-state index is 0.0996. The molecule has 0 bridgehead atoms. The van der Waals surface area contributed by atoms with Crippen molar-refractivity contribution in [1.82, 2.24) is 15.5 Å². The van der Waals surface area contributed by atoms with Gasteiger partial charge in [0.15, 0.2) is 0 Å². The molecular formula is C15H20BrN3O. The lowest BCUT2D eigenvalue weighted by atomic mass is 10.1. The number of aromatic nitrogens is 2. The van der Waals surface area contributed by atoms with Gasteiger partial charge in [-0.05, 0) is 55.8 Å². The molecule has 1 aromatic carbocycles. The highest BCUT2D eigenvalue weighted by Gasteiger charge is 2.13. The van der Waals surface area contributed by atoms with Crippen molar-refractivity contribution in [3.05, 3.63) is 34.1 Å². The SMILES string of the molecule is Cc1ccc(Br)c(-c2nnc(CCNC(C)(C)C)o2)c1. The summed E-state index contributed by atoms with van der Waals surface area (Å²) in [5.41, 5.74) is 2.20. The van der Waals surface area contributed by atoms with Gasteiger partial charge in [-0.2, -0.15) is 0 Å². The van der Waals surface area contributed by atoms with Crippen LogP contribution in [0.25, 0.3) is 11.5 Å². The molecule has 0 fully saturated rings. The van der Waals surface area contributed by atoms with Crippen LogP contribution in [0.1, 0.15) is 32.2 Å². The van der Waals surface area contributed by atoms with Gasteiger partial charge in [0.25, 0.3) is 0 Å². The highest BCUT2D eigenvalue weighted by Crippen LogP contribution is 2.28. The van der Waals surface area contributed by atoms with Crippen molar-refractivity contribution < 1.29 is 4.42 Å². The summed E-state index contributed by atoms with van der Waals surface area (Å²) in [5, 5.41) is 11.6. The van der Waals surface area contributed by atoms with Crippen LogP contribution in [0.4, 0.5) is 0 Å². The molecule has 1 N–H and O–H groups in total. The minimum Gasteiger partial charge on any atom is -0.421 e. The zero-order valence-electron chi connectivity index (χ0n) is 12.3. The molecule has 0 aliphatic heterocycles. The van der Waals surface area contributed by atoms with Crippen LogP contribution in [0.2, 0.25) is 0 Å². The third-order valence-corrected chi connectivity index (χ3v) is 3.50. The molecule has 2 aromatic rings. The molecule has 0 aliphatic carbocycles. The van der Waals surface area contributed by atoms with Gasteiger partial charge in [-0.3, -0.25) is 0 Å². The van der Waals surface area contributed by atoms with E-state index in [0.29, 0.717) is 11.8 Å². The zero-order chi connectivity index (χ0) is 14.8. The summed E-state index contributed by atoms with van der Waals surface area (Å²) in [5.74, 6) is 1.22. The molecule has 5 heteroatoms. The molecule has 108 valence electrons. The number of nitrogens with zero attached hydrogens (tertiary/aromatic N) is 2. The monoisotopic (exact) mass is 337 g/mol. The van der Waals surface area contributed by atoms with Gasteiger partial charge in [0, 0.05) is 23.0 Å². The Morgan fingerprint density at radius 2 is 2.00 bits per heavy atom. The van der Waals surface area contributed by atoms with Crippen molar-refractivity contribution in [1.29, 1.82) is 0 Å². The lowest BCUT2D eigenvalue weighted by molar-refractivity contribution is 0.412. The topological polar surface area (TPSA) is 51.0 Å². The molecule has 0 aliphatic rings. The molecule has 0 spiro atoms. The standard InChI is InChI=1S/C15H20BrN3O/c1-10-5-6-12(16)11(9-10)14-19-18-13(20-14)7-8-17-15(2,3)4/h5-6,9,17H,7-8H2,1-4H3. The Morgan fingerprint density at radius 1 is 1.25 bits per heavy atom. The van der Waals surface area contributed by atoms with Crippen molar-refractivity contribution in [2.45, 2.75) is 39.7 Å². The Labute approximate surface area is 128 Å². The first-order valence-electron chi connectivity index (χ1n) is 6.69. The Balaban J connectivity index is 2.07. The van der Waals surface area contributed by atoms with Gasteiger partial charge in [-0.15, -0.1) is 10.2 Å². The van der Waals surface area contributed by atoms with Crippen LogP contribution in [0, 0.1) is 6.92 Å². The van der Waals surface area contributed by atoms with E-state index in [-0.39, 0.29) is 5.54 Å². The molecule has 1 aromatic heterocycles. The van der Waals surface area contributed by atoms with Crippen LogP contribution in [0.3, 0.4) is 0 Å². The van der Waals surface area contributed by atoms with Crippen LogP contribution in [0.15, 0.2) is 27.1 Å². The predicted octanol–water partition coefficient (Wildman–Crippen LogP) is 3.74. The van der Waals surface area contributed by atoms with Gasteiger partial charge >= 0.3 is 0 Å². The van der Waals surface area contributed by atoms with Crippen LogP contribution in [0.5, 0.6) is 0 Å². The summed E-state index contributed by atoms with van der Waals surface area (Å²) >= 11 is 3.52. The molecule has 20 heavy (non-hydrogen) atoms. The average Bonchev–Trinajstić information content (AvgIpc) is 2.79. The fourth-order valence-electron chi connectivity index (χ4n) is 1.81. The third-order valence-electron chi connectivity index (χ3n) is 2.81. The van der Waals surface area contributed by atoms with Crippen LogP contribution in [-0.2, 0) is 6.42 Å². The molecule has 0 unspecified atom stereocenters. The van der Waals surface area contributed by atoms with E-state index in [4.69, 9.17) is 4.42 Å². The van der Waals surface area contributed by atoms with Crippen molar-refractivity contribution in [2.24, 2.45) is 0 Å². The average molecular weight is 338 g/mol. The molecule has 0 radical (unpaired) electrons. The van der Waals surface area contributed by atoms with Crippen molar-refractivity contribution in [3.63, 3.8) is 0 Å². The van der Waals surface area contributed by atoms with Gasteiger partial charge in [-0.25, -0.2) is 0 Å². The maximum atomic E-state index is 5.73. The number of rotatable bonds is 4. The van der Waals surface area contributed by atoms with Gasteiger partial charge in [0.05, 0.1) is 5.56 Å². The number of hydrogen-bond acceptors (Lipinski definition) is 4. The van der Waals surface area contributed by atoms with Gasteiger partial charge in [0.1, 0.15) is 0 Å². The summed E-state index contributed by atoms with van der Waals surface area (Å²) in [4.78, 5) is 0. The number of nitrogens with one attached hydrogen (secondary N) is 1. The van der Waals surface area contributed by atoms with E-state index in [2.05, 4.69) is 52.2 Å². The van der Waals surface area contributed by atoms with Gasteiger partial charge < -0.3 is 9.73 Å². The second-order valence-electron chi connectivity index (χ2n) is 5.91. The maximum Gasteiger partial charge on any atom is 0.248 e. The van der Waals surface area contributed by atoms with Crippen LogP contribution >= 0.6 is 15.9 Å². The first kappa shape index (κ1) is 15.2. The fraction of sp³-hybridized carbons (Fsp3) is 0.467. The van der Waals surface area contributed by atoms with E-state index >= 15 is 0 Å². The highest BCUT2D eigenvalue weighted by atomic mass is 79.9. The van der Waals surface area contributed by atoms with E-state index < -0.39 is 0 Å². The van der Waals surface area contributed by atoms with E-state index in [1.54, 1.807) is 0 Å². The van der Waals surface area contributed by atoms with Gasteiger partial charge in [0.2, 0.25) is 11.8 Å². The third kappa shape index (κ3) is 4.15. The Kier molecular flexibility index (Phi) is 4.60. The Hall–Kier alpha value is -1.20. The van der Waals surface area contributed by atoms with Gasteiger partial charge in [-0.1, -0.05) is 11.6 Å². The second-order valence-corrected chi connectivity index (χ2v) is 6.77. The normalized spacial score (nSPS) is 11.8. The summed E-state index contributed by atoms with van der Waals surface area (Å²) in [6.45, 7) is 9.27. The highest BCUT2D eigenvalue weighted by molar-refractivity contribution is 9.10. The van der Waals surface area contributed by atoms with E-state index in [1.807, 2.05) is 25.1 Å². The molecular weight excluding hydrogens is 318 g/mol. The molecule has 4 nitrogen and oxygen atoms in total. The summed E-state index contributed by atoms with van der Waals surface area (Å²) < 4.78 is 6.69. The fourth-order valence-corrected chi connectivity index (χ4v) is 2.23. The first-order valence-corrected chi connectivity index (χ1v) is 7.48. The quantitative estimate of drug-likeness (QED) is 0.923. The maximum absolute atomic E-state index is 5.73. The Morgan fingerprint density at radius 3 is 2.70 bits per heavy atom. The largest absolute Gasteiger partial charge is 0.421 e. The predicted molar refractivity (Wildman–Crippen MR) is 83.6 cm³/mol. The molecule has 0 atom stereocenters. The minimum atomic E-state index is 0.0996. The number of aryl methyl sites for hydroxylation is 1. The lowest BCUT2D eigenvalue weighted by Crippen LogP contribution is -2.37. The van der Waals surface area contributed by atoms with Crippen molar-refractivity contribution >= 4 is 15.9 Å². The summed E-state index contributed by atoms with van der Waals surface area (Å²) in [6.07, 6.45) is 0.730. The van der Waals surface area contributed by atoms with E-state index in [9.17, 15) is 0 Å². The summed E-state index contributed by atoms with van der Waals surface area (Å²) in [6, 6.07) is 6.07.